The average Bonchev–Trinajstić information content (AvgIpc) is 3.26. The predicted octanol–water partition coefficient (Wildman–Crippen LogP) is 8.76. The number of pyridine rings is 1. The third kappa shape index (κ3) is 7.71. The summed E-state index contributed by atoms with van der Waals surface area (Å²) in [4.78, 5) is 10.1. The summed E-state index contributed by atoms with van der Waals surface area (Å²) >= 11 is 0. The van der Waals surface area contributed by atoms with E-state index in [2.05, 4.69) is 41.0 Å². The van der Waals surface area contributed by atoms with E-state index in [9.17, 15) is 10.2 Å². The van der Waals surface area contributed by atoms with Gasteiger partial charge >= 0.3 is 0 Å². The van der Waals surface area contributed by atoms with Crippen molar-refractivity contribution in [1.82, 2.24) is 9.29 Å². The maximum Gasteiger partial charge on any atom is 0.245 e. The summed E-state index contributed by atoms with van der Waals surface area (Å²) in [5, 5.41) is 27.3. The Morgan fingerprint density at radius 2 is 1.65 bits per heavy atom. The van der Waals surface area contributed by atoms with Crippen molar-refractivity contribution in [2.24, 2.45) is 22.9 Å². The lowest BCUT2D eigenvalue weighted by Crippen LogP contribution is -2.69. The number of ether oxygens (including phenoxy) is 3. The molecule has 0 unspecified atom stereocenters. The fourth-order valence-corrected chi connectivity index (χ4v) is 11.4. The van der Waals surface area contributed by atoms with Crippen molar-refractivity contribution in [2.45, 2.75) is 67.6 Å². The van der Waals surface area contributed by atoms with Gasteiger partial charge in [-0.15, -0.1) is 6.58 Å². The third-order valence-electron chi connectivity index (χ3n) is 12.5. The number of sulfonamides is 1. The van der Waals surface area contributed by atoms with Gasteiger partial charge in [0, 0.05) is 49.7 Å². The molecule has 0 amide bonds. The van der Waals surface area contributed by atoms with Gasteiger partial charge in [-0.25, -0.2) is 8.42 Å². The number of aliphatic hydroxyl groups excluding tert-OH is 2. The predicted molar refractivity (Wildman–Crippen MR) is 233 cm³/mol. The summed E-state index contributed by atoms with van der Waals surface area (Å²) in [5.41, 5.74) is 2.79. The molecular formula is C48H53N3O8S. The van der Waals surface area contributed by atoms with Crippen molar-refractivity contribution in [3.63, 3.8) is 0 Å². The van der Waals surface area contributed by atoms with Gasteiger partial charge in [0.15, 0.2) is 0 Å². The first-order valence-corrected chi connectivity index (χ1v) is 22.3. The zero-order chi connectivity index (χ0) is 41.9. The van der Waals surface area contributed by atoms with Crippen LogP contribution in [0.2, 0.25) is 0 Å². The molecule has 2 heterocycles. The lowest BCUT2D eigenvalue weighted by molar-refractivity contribution is -0.250. The van der Waals surface area contributed by atoms with Gasteiger partial charge in [0.2, 0.25) is 15.8 Å². The largest absolute Gasteiger partial charge is 0.460 e. The van der Waals surface area contributed by atoms with Crippen molar-refractivity contribution in [1.29, 1.82) is 0 Å². The lowest BCUT2D eigenvalue weighted by atomic mass is 9.55. The van der Waals surface area contributed by atoms with Crippen LogP contribution in [-0.4, -0.2) is 79.4 Å². The van der Waals surface area contributed by atoms with E-state index in [-0.39, 0.29) is 48.9 Å². The van der Waals surface area contributed by atoms with Crippen LogP contribution in [0.3, 0.4) is 0 Å². The minimum absolute atomic E-state index is 0.0148. The number of para-hydroxylation sites is 1. The summed E-state index contributed by atoms with van der Waals surface area (Å²) in [6.07, 6.45) is 10.1. The van der Waals surface area contributed by atoms with E-state index in [1.54, 1.807) is 37.5 Å². The van der Waals surface area contributed by atoms with Gasteiger partial charge in [-0.3, -0.25) is 4.98 Å². The van der Waals surface area contributed by atoms with Crippen molar-refractivity contribution in [3.8, 4) is 17.2 Å². The van der Waals surface area contributed by atoms with Crippen LogP contribution < -0.4 is 9.47 Å². The van der Waals surface area contributed by atoms with E-state index in [0.717, 1.165) is 47.6 Å². The first-order chi connectivity index (χ1) is 29.2. The molecule has 6 atom stereocenters. The van der Waals surface area contributed by atoms with Crippen LogP contribution in [0.15, 0.2) is 132 Å². The number of nitrogens with zero attached hydrogens (tertiary/aromatic N) is 3. The van der Waals surface area contributed by atoms with E-state index in [1.807, 2.05) is 54.6 Å². The number of benzene rings is 4. The number of allylic oxidation sites excluding steroid dienone is 1. The van der Waals surface area contributed by atoms with Gasteiger partial charge in [-0.1, -0.05) is 78.7 Å². The van der Waals surface area contributed by atoms with Crippen molar-refractivity contribution >= 4 is 37.4 Å². The summed E-state index contributed by atoms with van der Waals surface area (Å²) < 4.78 is 52.3. The average molecular weight is 832 g/mol. The second kappa shape index (κ2) is 17.9. The fraction of sp³-hybridized carbons (Fsp3) is 0.375. The molecule has 5 aromatic rings. The van der Waals surface area contributed by atoms with E-state index < -0.39 is 27.8 Å². The van der Waals surface area contributed by atoms with Crippen LogP contribution >= 0.6 is 0 Å². The molecule has 1 aromatic heterocycles. The smallest absolute Gasteiger partial charge is 0.245 e. The molecule has 2 N–H and O–H groups in total. The lowest BCUT2D eigenvalue weighted by Gasteiger charge is -2.59. The Morgan fingerprint density at radius 3 is 2.43 bits per heavy atom. The second-order valence-corrected chi connectivity index (χ2v) is 17.9. The molecule has 1 fully saturated rings. The minimum Gasteiger partial charge on any atom is -0.460 e. The first-order valence-electron chi connectivity index (χ1n) is 20.8. The van der Waals surface area contributed by atoms with E-state index >= 15 is 8.42 Å². The minimum atomic E-state index is -4.23. The summed E-state index contributed by atoms with van der Waals surface area (Å²) in [6, 6.07) is 27.9. The maximum atomic E-state index is 15.0. The van der Waals surface area contributed by atoms with Crippen LogP contribution in [0.25, 0.3) is 21.7 Å². The molecule has 12 heteroatoms. The molecule has 0 bridgehead atoms. The second-order valence-electron chi connectivity index (χ2n) is 15.9. The van der Waals surface area contributed by atoms with Crippen LogP contribution in [0.4, 0.5) is 0 Å². The van der Waals surface area contributed by atoms with Crippen molar-refractivity contribution < 1.29 is 37.7 Å². The van der Waals surface area contributed by atoms with Gasteiger partial charge in [0.1, 0.15) is 29.3 Å². The maximum absolute atomic E-state index is 15.0. The Kier molecular flexibility index (Phi) is 12.4. The number of aromatic nitrogens is 1. The molecule has 3 aliphatic rings. The molecule has 1 aliphatic heterocycles. The molecule has 0 radical (unpaired) electrons. The molecule has 11 nitrogen and oxygen atoms in total. The molecule has 1 saturated carbocycles. The highest BCUT2D eigenvalue weighted by Gasteiger charge is 2.65. The Balaban J connectivity index is 1.32. The fourth-order valence-electron chi connectivity index (χ4n) is 9.85. The van der Waals surface area contributed by atoms with E-state index in [1.165, 1.54) is 11.4 Å². The van der Waals surface area contributed by atoms with E-state index in [4.69, 9.17) is 19.0 Å². The number of aliphatic hydroxyl groups is 2. The molecule has 314 valence electrons. The Hall–Kier alpha value is -5.11. The highest BCUT2D eigenvalue weighted by molar-refractivity contribution is 7.89. The third-order valence-corrected chi connectivity index (χ3v) is 14.4. The normalized spacial score (nSPS) is 24.1. The number of likely N-dealkylation sites (N-methyl/N-ethyl adjacent to an activating group) is 1. The van der Waals surface area contributed by atoms with Gasteiger partial charge in [0.05, 0.1) is 29.8 Å². The molecular weight excluding hydrogens is 779 g/mol. The molecule has 60 heavy (non-hydrogen) atoms. The Bertz CT molecular complexity index is 2520. The quantitative estimate of drug-likeness (QED) is 0.0535. The number of hydrogen-bond donors (Lipinski definition) is 2. The van der Waals surface area contributed by atoms with Crippen LogP contribution in [0.5, 0.6) is 17.2 Å². The summed E-state index contributed by atoms with van der Waals surface area (Å²) in [6.45, 7) is 4.25. The standard InChI is InChI=1S/C48H53N3O8S/c1-4-27-57-48-44(51(2)60(54,55)43-19-11-16-33-17-12-24-49-47(33)43)31-41(50-56-3)39-29-35(15-7-9-25-52)38(18-8-10-26-53)45(46(39)48)40-30-37(22-23-42(40)59-48)58-36-21-20-32-13-5-6-14-34(32)28-36/h4-6,11-14,16-17,19-24,28-30,35,38,44-46,52-53H,1,7-10,15,18,25-27,31H2,2-3H3/t35-,38+,44-,45+,46+,48+/m0/s1. The number of rotatable bonds is 17. The zero-order valence-corrected chi connectivity index (χ0v) is 35.0. The van der Waals surface area contributed by atoms with Gasteiger partial charge in [-0.2, -0.15) is 4.31 Å². The van der Waals surface area contributed by atoms with E-state index in [0.29, 0.717) is 46.7 Å². The summed E-state index contributed by atoms with van der Waals surface area (Å²) in [7, 11) is -1.16. The number of oxime groups is 1. The van der Waals surface area contributed by atoms with Crippen molar-refractivity contribution in [3.05, 3.63) is 127 Å². The first kappa shape index (κ1) is 41.6. The van der Waals surface area contributed by atoms with Gasteiger partial charge in [-0.05, 0) is 96.3 Å². The highest BCUT2D eigenvalue weighted by Crippen LogP contribution is 2.62. The number of fused-ring (bicyclic) bond motifs is 4. The number of unbranched alkanes of at least 4 members (excludes halogenated alkanes) is 2. The number of hydrogen-bond acceptors (Lipinski definition) is 10. The molecule has 0 saturated heterocycles. The molecule has 0 spiro atoms. The van der Waals surface area contributed by atoms with Gasteiger partial charge in [0.25, 0.3) is 0 Å². The highest BCUT2D eigenvalue weighted by atomic mass is 32.2. The van der Waals surface area contributed by atoms with Crippen LogP contribution in [0.1, 0.15) is 56.4 Å². The van der Waals surface area contributed by atoms with Crippen molar-refractivity contribution in [2.75, 3.05) is 34.0 Å². The van der Waals surface area contributed by atoms with Gasteiger partial charge < -0.3 is 29.3 Å². The van der Waals surface area contributed by atoms with Crippen LogP contribution in [0, 0.1) is 17.8 Å². The summed E-state index contributed by atoms with van der Waals surface area (Å²) in [5.74, 6) is -0.388. The SMILES string of the molecule is C=CCO[C@@]12Oc3ccc(Oc4ccc5ccccc5c4)cc3[C@H]3[C@H](CCCCO)[C@@H](CCCCO)C=C(C(=NOC)C[C@@H]1N(C)S(=O)(=O)c1cccc4cccnc14)[C@H]32. The Labute approximate surface area is 352 Å². The zero-order valence-electron chi connectivity index (χ0n) is 34.2. The van der Waals surface area contributed by atoms with Crippen LogP contribution in [-0.2, 0) is 19.6 Å². The topological polar surface area (TPSA) is 140 Å². The monoisotopic (exact) mass is 831 g/mol. The molecule has 8 rings (SSSR count). The molecule has 4 aromatic carbocycles. The molecule has 2 aliphatic carbocycles. The Morgan fingerprint density at radius 1 is 0.917 bits per heavy atom.